The third-order valence-electron chi connectivity index (χ3n) is 4.05. The predicted octanol–water partition coefficient (Wildman–Crippen LogP) is 5.38. The second-order valence-corrected chi connectivity index (χ2v) is 8.00. The van der Waals surface area contributed by atoms with Crippen LogP contribution in [-0.2, 0) is 5.75 Å². The van der Waals surface area contributed by atoms with Gasteiger partial charge in [-0.05, 0) is 37.6 Å². The van der Waals surface area contributed by atoms with Crippen LogP contribution in [0.2, 0.25) is 0 Å². The summed E-state index contributed by atoms with van der Waals surface area (Å²) in [4.78, 5) is 4.67. The molecule has 5 nitrogen and oxygen atoms in total. The number of hydrogen-bond donors (Lipinski definition) is 1. The van der Waals surface area contributed by atoms with Crippen molar-refractivity contribution >= 4 is 33.9 Å². The molecule has 1 N–H and O–H groups in total. The summed E-state index contributed by atoms with van der Waals surface area (Å²) in [7, 11) is 0. The molecule has 0 aliphatic heterocycles. The van der Waals surface area contributed by atoms with E-state index in [9.17, 15) is 0 Å². The van der Waals surface area contributed by atoms with Crippen molar-refractivity contribution < 1.29 is 0 Å². The number of benzene rings is 2. The smallest absolute Gasteiger partial charge is 0.196 e. The highest BCUT2D eigenvalue weighted by Crippen LogP contribution is 2.27. The minimum atomic E-state index is 0.747. The van der Waals surface area contributed by atoms with Gasteiger partial charge >= 0.3 is 0 Å². The van der Waals surface area contributed by atoms with Crippen LogP contribution in [0, 0.1) is 13.8 Å². The minimum absolute atomic E-state index is 0.747. The van der Waals surface area contributed by atoms with Crippen molar-refractivity contribution in [1.29, 1.82) is 0 Å². The molecule has 0 amide bonds. The van der Waals surface area contributed by atoms with Gasteiger partial charge in [0.1, 0.15) is 6.33 Å². The van der Waals surface area contributed by atoms with Crippen LogP contribution < -0.4 is 5.32 Å². The lowest BCUT2D eigenvalue weighted by atomic mass is 10.1. The first-order chi connectivity index (χ1) is 13.2. The Bertz CT molecular complexity index is 1040. The van der Waals surface area contributed by atoms with Crippen molar-refractivity contribution in [3.8, 4) is 5.69 Å². The lowest BCUT2D eigenvalue weighted by Gasteiger charge is -2.09. The first kappa shape index (κ1) is 17.8. The molecule has 0 spiro atoms. The van der Waals surface area contributed by atoms with E-state index in [4.69, 9.17) is 0 Å². The van der Waals surface area contributed by atoms with Gasteiger partial charge < -0.3 is 5.32 Å². The largest absolute Gasteiger partial charge is 0.332 e. The Morgan fingerprint density at radius 3 is 2.78 bits per heavy atom. The molecule has 0 aliphatic carbocycles. The Kier molecular flexibility index (Phi) is 5.22. The summed E-state index contributed by atoms with van der Waals surface area (Å²) in [5, 5.41) is 15.6. The monoisotopic (exact) mass is 393 g/mol. The van der Waals surface area contributed by atoms with E-state index in [1.54, 1.807) is 29.4 Å². The molecule has 7 heteroatoms. The Morgan fingerprint density at radius 2 is 1.96 bits per heavy atom. The standard InChI is InChI=1S/C20H19N5S2/c1-14-8-9-18(15(2)10-14)25-13-21-24-20(25)27-12-17-11-26-19(23-17)22-16-6-4-3-5-7-16/h3-11,13H,12H2,1-2H3,(H,22,23). The lowest BCUT2D eigenvalue weighted by molar-refractivity contribution is 0.877. The highest BCUT2D eigenvalue weighted by atomic mass is 32.2. The Morgan fingerprint density at radius 1 is 1.11 bits per heavy atom. The van der Waals surface area contributed by atoms with Crippen LogP contribution in [-0.4, -0.2) is 19.7 Å². The zero-order chi connectivity index (χ0) is 18.6. The van der Waals surface area contributed by atoms with Gasteiger partial charge in [-0.2, -0.15) is 0 Å². The van der Waals surface area contributed by atoms with E-state index in [1.165, 1.54) is 11.1 Å². The first-order valence-electron chi connectivity index (χ1n) is 8.56. The van der Waals surface area contributed by atoms with Gasteiger partial charge in [-0.25, -0.2) is 4.98 Å². The fourth-order valence-corrected chi connectivity index (χ4v) is 4.43. The summed E-state index contributed by atoms with van der Waals surface area (Å²) < 4.78 is 2.04. The number of para-hydroxylation sites is 1. The molecular weight excluding hydrogens is 374 g/mol. The van der Waals surface area contributed by atoms with Crippen molar-refractivity contribution in [2.45, 2.75) is 24.8 Å². The van der Waals surface area contributed by atoms with Gasteiger partial charge in [0.25, 0.3) is 0 Å². The number of rotatable bonds is 6. The molecule has 0 fully saturated rings. The van der Waals surface area contributed by atoms with Gasteiger partial charge in [0, 0.05) is 16.8 Å². The fourth-order valence-electron chi connectivity index (χ4n) is 2.78. The molecule has 0 radical (unpaired) electrons. The highest BCUT2D eigenvalue weighted by Gasteiger charge is 2.11. The van der Waals surface area contributed by atoms with Crippen LogP contribution in [0.3, 0.4) is 0 Å². The number of thioether (sulfide) groups is 1. The zero-order valence-corrected chi connectivity index (χ0v) is 16.7. The van der Waals surface area contributed by atoms with Crippen LogP contribution in [0.5, 0.6) is 0 Å². The third kappa shape index (κ3) is 4.20. The molecule has 0 aliphatic rings. The maximum absolute atomic E-state index is 4.67. The summed E-state index contributed by atoms with van der Waals surface area (Å²) in [5.74, 6) is 0.747. The Hall–Kier alpha value is -2.64. The fraction of sp³-hybridized carbons (Fsp3) is 0.150. The maximum Gasteiger partial charge on any atom is 0.196 e. The Balaban J connectivity index is 1.45. The topological polar surface area (TPSA) is 55.6 Å². The summed E-state index contributed by atoms with van der Waals surface area (Å²) in [6.07, 6.45) is 1.77. The van der Waals surface area contributed by atoms with E-state index in [2.05, 4.69) is 57.9 Å². The average molecular weight is 394 g/mol. The van der Waals surface area contributed by atoms with Crippen molar-refractivity contribution in [3.05, 3.63) is 77.1 Å². The summed E-state index contributed by atoms with van der Waals surface area (Å²) >= 11 is 3.25. The molecular formula is C20H19N5S2. The minimum Gasteiger partial charge on any atom is -0.332 e. The van der Waals surface area contributed by atoms with Crippen LogP contribution >= 0.6 is 23.1 Å². The molecule has 0 atom stereocenters. The zero-order valence-electron chi connectivity index (χ0n) is 15.1. The quantitative estimate of drug-likeness (QED) is 0.446. The van der Waals surface area contributed by atoms with E-state index < -0.39 is 0 Å². The number of anilines is 2. The van der Waals surface area contributed by atoms with Gasteiger partial charge in [-0.1, -0.05) is 47.7 Å². The van der Waals surface area contributed by atoms with Crippen molar-refractivity contribution in [3.63, 3.8) is 0 Å². The van der Waals surface area contributed by atoms with Gasteiger partial charge in [-0.15, -0.1) is 21.5 Å². The van der Waals surface area contributed by atoms with Gasteiger partial charge in [-0.3, -0.25) is 4.57 Å². The van der Waals surface area contributed by atoms with Crippen molar-refractivity contribution in [2.24, 2.45) is 0 Å². The van der Waals surface area contributed by atoms with Gasteiger partial charge in [0.15, 0.2) is 10.3 Å². The average Bonchev–Trinajstić information content (AvgIpc) is 3.30. The molecule has 27 heavy (non-hydrogen) atoms. The van der Waals surface area contributed by atoms with Crippen molar-refractivity contribution in [2.75, 3.05) is 5.32 Å². The number of aromatic nitrogens is 4. The van der Waals surface area contributed by atoms with Gasteiger partial charge in [0.05, 0.1) is 11.4 Å². The molecule has 0 saturated carbocycles. The molecule has 136 valence electrons. The molecule has 2 aromatic heterocycles. The predicted molar refractivity (Wildman–Crippen MR) is 112 cm³/mol. The van der Waals surface area contributed by atoms with E-state index in [-0.39, 0.29) is 0 Å². The third-order valence-corrected chi connectivity index (χ3v) is 5.84. The van der Waals surface area contributed by atoms with Crippen LogP contribution in [0.1, 0.15) is 16.8 Å². The summed E-state index contributed by atoms with van der Waals surface area (Å²) in [5.41, 5.74) is 5.64. The van der Waals surface area contributed by atoms with E-state index in [0.717, 1.165) is 33.1 Å². The SMILES string of the molecule is Cc1ccc(-n2cnnc2SCc2csc(Nc3ccccc3)n2)c(C)c1. The summed E-state index contributed by atoms with van der Waals surface area (Å²) in [6, 6.07) is 16.5. The normalized spacial score (nSPS) is 10.9. The van der Waals surface area contributed by atoms with Crippen molar-refractivity contribution in [1.82, 2.24) is 19.7 Å². The number of aryl methyl sites for hydroxylation is 2. The van der Waals surface area contributed by atoms with E-state index in [1.807, 2.05) is 34.9 Å². The number of thiazole rings is 1. The molecule has 0 saturated heterocycles. The molecule has 0 unspecified atom stereocenters. The maximum atomic E-state index is 4.67. The molecule has 4 rings (SSSR count). The number of nitrogens with zero attached hydrogens (tertiary/aromatic N) is 4. The second kappa shape index (κ2) is 7.94. The molecule has 4 aromatic rings. The first-order valence-corrected chi connectivity index (χ1v) is 10.4. The Labute approximate surface area is 166 Å². The highest BCUT2D eigenvalue weighted by molar-refractivity contribution is 7.98. The molecule has 2 aromatic carbocycles. The van der Waals surface area contributed by atoms with Crippen LogP contribution in [0.15, 0.2) is 65.4 Å². The second-order valence-electron chi connectivity index (χ2n) is 6.20. The van der Waals surface area contributed by atoms with E-state index >= 15 is 0 Å². The van der Waals surface area contributed by atoms with Gasteiger partial charge in [0.2, 0.25) is 0 Å². The molecule has 0 bridgehead atoms. The number of nitrogens with one attached hydrogen (secondary N) is 1. The summed E-state index contributed by atoms with van der Waals surface area (Å²) in [6.45, 7) is 4.21. The van der Waals surface area contributed by atoms with E-state index in [0.29, 0.717) is 0 Å². The molecule has 2 heterocycles. The van der Waals surface area contributed by atoms with Crippen LogP contribution in [0.25, 0.3) is 5.69 Å². The number of hydrogen-bond acceptors (Lipinski definition) is 6. The lowest BCUT2D eigenvalue weighted by Crippen LogP contribution is -1.98. The van der Waals surface area contributed by atoms with Crippen LogP contribution in [0.4, 0.5) is 10.8 Å².